The number of halogens is 2. The number of fused-ring (bicyclic) bond motifs is 3. The van der Waals surface area contributed by atoms with Crippen LogP contribution in [0.4, 0.5) is 0 Å². The van der Waals surface area contributed by atoms with Crippen LogP contribution in [0.15, 0.2) is 25.9 Å². The predicted molar refractivity (Wildman–Crippen MR) is 109 cm³/mol. The molecule has 1 N–H and O–H groups in total. The van der Waals surface area contributed by atoms with Gasteiger partial charge >= 0.3 is 0 Å². The number of nitrogens with zero attached hydrogens (tertiary/aromatic N) is 1. The van der Waals surface area contributed by atoms with Gasteiger partial charge in [0, 0.05) is 10.4 Å². The first-order valence-electron chi connectivity index (χ1n) is 8.25. The summed E-state index contributed by atoms with van der Waals surface area (Å²) in [5.41, 5.74) is 2.01. The molecule has 1 aromatic carbocycles. The first kappa shape index (κ1) is 17.2. The van der Waals surface area contributed by atoms with Gasteiger partial charge in [-0.25, -0.2) is 4.98 Å². The van der Waals surface area contributed by atoms with E-state index in [0.29, 0.717) is 12.4 Å². The van der Waals surface area contributed by atoms with Gasteiger partial charge in [0.2, 0.25) is 0 Å². The van der Waals surface area contributed by atoms with Gasteiger partial charge in [-0.05, 0) is 82.2 Å². The van der Waals surface area contributed by atoms with Crippen molar-refractivity contribution < 1.29 is 4.74 Å². The maximum absolute atomic E-state index is 12.7. The summed E-state index contributed by atoms with van der Waals surface area (Å²) in [5.74, 6) is 1.34. The highest BCUT2D eigenvalue weighted by Gasteiger charge is 2.20. The van der Waals surface area contributed by atoms with Crippen molar-refractivity contribution in [2.24, 2.45) is 0 Å². The molecular weight excluding hydrogens is 468 g/mol. The lowest BCUT2D eigenvalue weighted by Gasteiger charge is -2.11. The molecule has 1 aliphatic carbocycles. The number of aromatic nitrogens is 2. The van der Waals surface area contributed by atoms with Crippen molar-refractivity contribution in [1.82, 2.24) is 9.97 Å². The average Bonchev–Trinajstić information content (AvgIpc) is 2.96. The molecule has 2 heterocycles. The Morgan fingerprint density at radius 1 is 1.24 bits per heavy atom. The van der Waals surface area contributed by atoms with E-state index < -0.39 is 0 Å². The lowest BCUT2D eigenvalue weighted by atomic mass is 9.97. The smallest absolute Gasteiger partial charge is 0.260 e. The maximum Gasteiger partial charge on any atom is 0.260 e. The van der Waals surface area contributed by atoms with E-state index >= 15 is 0 Å². The number of benzene rings is 1. The number of ether oxygens (including phenoxy) is 1. The number of thiophene rings is 1. The third kappa shape index (κ3) is 3.06. The molecule has 0 fully saturated rings. The van der Waals surface area contributed by atoms with Crippen molar-refractivity contribution >= 4 is 53.4 Å². The Kier molecular flexibility index (Phi) is 4.73. The van der Waals surface area contributed by atoms with Crippen molar-refractivity contribution in [2.45, 2.75) is 32.6 Å². The minimum Gasteiger partial charge on any atom is -0.492 e. The predicted octanol–water partition coefficient (Wildman–Crippen LogP) is 5.45. The molecule has 0 saturated heterocycles. The lowest BCUT2D eigenvalue weighted by Crippen LogP contribution is -2.11. The van der Waals surface area contributed by atoms with Gasteiger partial charge in [0.05, 0.1) is 20.9 Å². The molecule has 0 bridgehead atoms. The van der Waals surface area contributed by atoms with Crippen LogP contribution in [0, 0.1) is 0 Å². The van der Waals surface area contributed by atoms with Crippen LogP contribution < -0.4 is 10.3 Å². The molecule has 130 valence electrons. The van der Waals surface area contributed by atoms with Crippen LogP contribution in [-0.4, -0.2) is 16.6 Å². The molecule has 0 unspecified atom stereocenters. The van der Waals surface area contributed by atoms with E-state index in [1.165, 1.54) is 16.9 Å². The first-order valence-corrected chi connectivity index (χ1v) is 10.7. The summed E-state index contributed by atoms with van der Waals surface area (Å²) >= 11 is 8.74. The minimum absolute atomic E-state index is 0.0412. The number of nitrogens with one attached hydrogen (secondary N) is 1. The molecule has 4 nitrogen and oxygen atoms in total. The third-order valence-corrected chi connectivity index (χ3v) is 6.75. The van der Waals surface area contributed by atoms with Gasteiger partial charge in [0.15, 0.2) is 0 Å². The number of hydrogen-bond acceptors (Lipinski definition) is 4. The van der Waals surface area contributed by atoms with Crippen LogP contribution in [0.3, 0.4) is 0 Å². The zero-order valence-corrected chi connectivity index (χ0v) is 17.6. The van der Waals surface area contributed by atoms with Crippen molar-refractivity contribution in [3.8, 4) is 17.1 Å². The number of rotatable bonds is 3. The highest BCUT2D eigenvalue weighted by atomic mass is 79.9. The highest BCUT2D eigenvalue weighted by Crippen LogP contribution is 2.38. The number of aryl methyl sites for hydroxylation is 2. The van der Waals surface area contributed by atoms with Crippen molar-refractivity contribution in [3.63, 3.8) is 0 Å². The van der Waals surface area contributed by atoms with E-state index in [0.717, 1.165) is 49.7 Å². The van der Waals surface area contributed by atoms with Crippen molar-refractivity contribution in [2.75, 3.05) is 6.61 Å². The first-order chi connectivity index (χ1) is 12.1. The summed E-state index contributed by atoms with van der Waals surface area (Å²) in [4.78, 5) is 22.6. The Labute approximate surface area is 165 Å². The summed E-state index contributed by atoms with van der Waals surface area (Å²) in [5, 5.41) is 0.785. The van der Waals surface area contributed by atoms with Crippen LogP contribution in [-0.2, 0) is 12.8 Å². The standard InChI is InChI=1S/C18H16Br2N2O2S/c1-2-24-15-11(19)7-9(8-12(15)20)16-21-17(23)14-10-5-3-4-6-13(10)25-18(14)22-16/h7-8H,2-6H2,1H3,(H,21,22,23). The van der Waals surface area contributed by atoms with Gasteiger partial charge in [-0.3, -0.25) is 4.79 Å². The molecular formula is C18H16Br2N2O2S. The molecule has 0 aliphatic heterocycles. The highest BCUT2D eigenvalue weighted by molar-refractivity contribution is 9.11. The van der Waals surface area contributed by atoms with Gasteiger partial charge < -0.3 is 9.72 Å². The Balaban J connectivity index is 1.86. The van der Waals surface area contributed by atoms with Gasteiger partial charge in [0.1, 0.15) is 16.4 Å². The fourth-order valence-electron chi connectivity index (χ4n) is 3.28. The molecule has 2 aromatic heterocycles. The van der Waals surface area contributed by atoms with Gasteiger partial charge in [-0.15, -0.1) is 11.3 Å². The summed E-state index contributed by atoms with van der Waals surface area (Å²) in [6.45, 7) is 2.52. The maximum atomic E-state index is 12.7. The Hall–Kier alpha value is -1.18. The molecule has 0 radical (unpaired) electrons. The molecule has 25 heavy (non-hydrogen) atoms. The molecule has 0 spiro atoms. The average molecular weight is 484 g/mol. The molecule has 0 atom stereocenters. The van der Waals surface area contributed by atoms with E-state index in [9.17, 15) is 4.79 Å². The van der Waals surface area contributed by atoms with E-state index in [1.54, 1.807) is 11.3 Å². The lowest BCUT2D eigenvalue weighted by molar-refractivity contribution is 0.336. The van der Waals surface area contributed by atoms with Crippen molar-refractivity contribution in [3.05, 3.63) is 41.9 Å². The largest absolute Gasteiger partial charge is 0.492 e. The van der Waals surface area contributed by atoms with Gasteiger partial charge in [-0.2, -0.15) is 0 Å². The second kappa shape index (κ2) is 6.85. The van der Waals surface area contributed by atoms with Gasteiger partial charge in [-0.1, -0.05) is 0 Å². The summed E-state index contributed by atoms with van der Waals surface area (Å²) < 4.78 is 7.28. The molecule has 7 heteroatoms. The second-order valence-corrected chi connectivity index (χ2v) is 8.80. The van der Waals surface area contributed by atoms with E-state index in [-0.39, 0.29) is 5.56 Å². The molecule has 0 saturated carbocycles. The van der Waals surface area contributed by atoms with Crippen LogP contribution in [0.25, 0.3) is 21.6 Å². The fourth-order valence-corrected chi connectivity index (χ4v) is 5.96. The zero-order chi connectivity index (χ0) is 17.6. The monoisotopic (exact) mass is 482 g/mol. The Morgan fingerprint density at radius 3 is 2.68 bits per heavy atom. The quantitative estimate of drug-likeness (QED) is 0.538. The van der Waals surface area contributed by atoms with E-state index in [4.69, 9.17) is 9.72 Å². The summed E-state index contributed by atoms with van der Waals surface area (Å²) in [7, 11) is 0. The molecule has 0 amide bonds. The Morgan fingerprint density at radius 2 is 1.96 bits per heavy atom. The fraction of sp³-hybridized carbons (Fsp3) is 0.333. The number of hydrogen-bond donors (Lipinski definition) is 1. The van der Waals surface area contributed by atoms with E-state index in [2.05, 4.69) is 36.8 Å². The second-order valence-electron chi connectivity index (χ2n) is 6.01. The topological polar surface area (TPSA) is 55.0 Å². The van der Waals surface area contributed by atoms with Crippen LogP contribution in [0.5, 0.6) is 5.75 Å². The van der Waals surface area contributed by atoms with E-state index in [1.807, 2.05) is 19.1 Å². The van der Waals surface area contributed by atoms with Crippen molar-refractivity contribution in [1.29, 1.82) is 0 Å². The normalized spacial score (nSPS) is 13.9. The molecule has 1 aliphatic rings. The third-order valence-electron chi connectivity index (χ3n) is 4.39. The summed E-state index contributed by atoms with van der Waals surface area (Å²) in [6, 6.07) is 3.85. The SMILES string of the molecule is CCOc1c(Br)cc(-c2nc3sc4c(c3c(=O)[nH]2)CCCC4)cc1Br. The van der Waals surface area contributed by atoms with Crippen LogP contribution >= 0.6 is 43.2 Å². The number of aromatic amines is 1. The van der Waals surface area contributed by atoms with Crippen LogP contribution in [0.1, 0.15) is 30.2 Å². The minimum atomic E-state index is -0.0412. The number of H-pyrrole nitrogens is 1. The molecule has 3 aromatic rings. The Bertz CT molecular complexity index is 1000. The van der Waals surface area contributed by atoms with Crippen LogP contribution in [0.2, 0.25) is 0 Å². The summed E-state index contributed by atoms with van der Waals surface area (Å²) in [6.07, 6.45) is 4.40. The van der Waals surface area contributed by atoms with Gasteiger partial charge in [0.25, 0.3) is 5.56 Å². The molecule has 4 rings (SSSR count). The zero-order valence-electron chi connectivity index (χ0n) is 13.6.